The van der Waals surface area contributed by atoms with Crippen molar-refractivity contribution in [3.63, 3.8) is 0 Å². The molecule has 3 aromatic rings. The Labute approximate surface area is 120 Å². The molecule has 0 aliphatic rings. The van der Waals surface area contributed by atoms with Gasteiger partial charge in [0.25, 0.3) is 0 Å². The molecule has 0 aliphatic carbocycles. The highest BCUT2D eigenvalue weighted by molar-refractivity contribution is 6.16. The molecule has 0 radical (unpaired) electrons. The van der Waals surface area contributed by atoms with Gasteiger partial charge in [-0.3, -0.25) is 4.68 Å². The Kier molecular flexibility index (Phi) is 3.22. The van der Waals surface area contributed by atoms with E-state index < -0.39 is 0 Å². The van der Waals surface area contributed by atoms with Crippen molar-refractivity contribution in [3.05, 3.63) is 47.2 Å². The standard InChI is InChI=1S/C14H14ClFN4/c1-9-13-14(19(2)18-9)20(12(7-15)17-13)8-10-5-3-4-6-11(10)16/h3-6H,7-8H2,1-2H3. The maximum atomic E-state index is 13.8. The molecule has 104 valence electrons. The summed E-state index contributed by atoms with van der Waals surface area (Å²) in [5.74, 6) is 0.775. The van der Waals surface area contributed by atoms with E-state index in [1.54, 1.807) is 16.8 Å². The molecule has 6 heteroatoms. The molecule has 0 aliphatic heterocycles. The lowest BCUT2D eigenvalue weighted by atomic mass is 10.2. The van der Waals surface area contributed by atoms with Crippen LogP contribution in [-0.4, -0.2) is 19.3 Å². The lowest BCUT2D eigenvalue weighted by molar-refractivity contribution is 0.595. The summed E-state index contributed by atoms with van der Waals surface area (Å²) in [6.07, 6.45) is 0. The zero-order valence-electron chi connectivity index (χ0n) is 11.3. The van der Waals surface area contributed by atoms with Crippen LogP contribution in [0, 0.1) is 12.7 Å². The van der Waals surface area contributed by atoms with Crippen LogP contribution >= 0.6 is 11.6 Å². The first kappa shape index (κ1) is 13.1. The summed E-state index contributed by atoms with van der Waals surface area (Å²) in [5.41, 5.74) is 3.14. The van der Waals surface area contributed by atoms with Crippen LogP contribution in [0.25, 0.3) is 11.2 Å². The molecule has 20 heavy (non-hydrogen) atoms. The smallest absolute Gasteiger partial charge is 0.159 e. The number of hydrogen-bond acceptors (Lipinski definition) is 2. The highest BCUT2D eigenvalue weighted by Gasteiger charge is 2.17. The minimum atomic E-state index is -0.228. The number of nitrogens with zero attached hydrogens (tertiary/aromatic N) is 4. The molecule has 0 saturated heterocycles. The van der Waals surface area contributed by atoms with E-state index >= 15 is 0 Å². The van der Waals surface area contributed by atoms with Gasteiger partial charge in [-0.2, -0.15) is 5.10 Å². The first-order valence-corrected chi connectivity index (χ1v) is 6.83. The number of benzene rings is 1. The molecule has 1 aromatic carbocycles. The zero-order valence-corrected chi connectivity index (χ0v) is 12.0. The van der Waals surface area contributed by atoms with Crippen LogP contribution in [0.5, 0.6) is 0 Å². The Hall–Kier alpha value is -1.88. The largest absolute Gasteiger partial charge is 0.307 e. The van der Waals surface area contributed by atoms with Crippen molar-refractivity contribution in [1.82, 2.24) is 19.3 Å². The Balaban J connectivity index is 2.17. The maximum absolute atomic E-state index is 13.8. The fourth-order valence-electron chi connectivity index (χ4n) is 2.45. The predicted octanol–water partition coefficient (Wildman–Crippen LogP) is 3.00. The lowest BCUT2D eigenvalue weighted by Gasteiger charge is -2.09. The number of aromatic nitrogens is 4. The van der Waals surface area contributed by atoms with Crippen LogP contribution in [-0.2, 0) is 19.5 Å². The third-order valence-electron chi connectivity index (χ3n) is 3.37. The molecule has 0 amide bonds. The van der Waals surface area contributed by atoms with E-state index in [1.165, 1.54) is 6.07 Å². The van der Waals surface area contributed by atoms with E-state index in [0.29, 0.717) is 12.1 Å². The predicted molar refractivity (Wildman–Crippen MR) is 76.3 cm³/mol. The van der Waals surface area contributed by atoms with Crippen molar-refractivity contribution in [2.24, 2.45) is 7.05 Å². The van der Waals surface area contributed by atoms with Crippen LogP contribution in [0.3, 0.4) is 0 Å². The molecule has 2 heterocycles. The van der Waals surface area contributed by atoms with E-state index in [9.17, 15) is 4.39 Å². The molecule has 0 spiro atoms. The molecule has 4 nitrogen and oxygen atoms in total. The van der Waals surface area contributed by atoms with Gasteiger partial charge >= 0.3 is 0 Å². The minimum absolute atomic E-state index is 0.228. The van der Waals surface area contributed by atoms with E-state index in [0.717, 1.165) is 22.7 Å². The fraction of sp³-hybridized carbons (Fsp3) is 0.286. The summed E-state index contributed by atoms with van der Waals surface area (Å²) in [5, 5.41) is 4.35. The molecular formula is C14H14ClFN4. The molecule has 0 unspecified atom stereocenters. The number of imidazole rings is 1. The van der Waals surface area contributed by atoms with E-state index in [2.05, 4.69) is 10.1 Å². The summed E-state index contributed by atoms with van der Waals surface area (Å²) in [6.45, 7) is 2.30. The van der Waals surface area contributed by atoms with Crippen molar-refractivity contribution >= 4 is 22.8 Å². The second-order valence-electron chi connectivity index (χ2n) is 4.72. The lowest BCUT2D eigenvalue weighted by Crippen LogP contribution is -2.08. The summed E-state index contributed by atoms with van der Waals surface area (Å²) < 4.78 is 17.5. The second-order valence-corrected chi connectivity index (χ2v) is 4.99. The van der Waals surface area contributed by atoms with Gasteiger partial charge in [0, 0.05) is 12.6 Å². The summed E-state index contributed by atoms with van der Waals surface area (Å²) >= 11 is 5.96. The zero-order chi connectivity index (χ0) is 14.3. The normalized spacial score (nSPS) is 11.4. The molecular weight excluding hydrogens is 279 g/mol. The number of hydrogen-bond donors (Lipinski definition) is 0. The first-order chi connectivity index (χ1) is 9.61. The van der Waals surface area contributed by atoms with Crippen molar-refractivity contribution in [2.75, 3.05) is 0 Å². The molecule has 0 N–H and O–H groups in total. The van der Waals surface area contributed by atoms with Gasteiger partial charge in [-0.05, 0) is 13.0 Å². The molecule has 0 atom stereocenters. The van der Waals surface area contributed by atoms with Crippen molar-refractivity contribution in [1.29, 1.82) is 0 Å². The minimum Gasteiger partial charge on any atom is -0.307 e. The number of rotatable bonds is 3. The van der Waals surface area contributed by atoms with Crippen molar-refractivity contribution < 1.29 is 4.39 Å². The van der Waals surface area contributed by atoms with Crippen LogP contribution in [0.15, 0.2) is 24.3 Å². The monoisotopic (exact) mass is 292 g/mol. The van der Waals surface area contributed by atoms with Crippen LogP contribution in [0.4, 0.5) is 4.39 Å². The maximum Gasteiger partial charge on any atom is 0.159 e. The summed E-state index contributed by atoms with van der Waals surface area (Å²) in [7, 11) is 1.85. The van der Waals surface area contributed by atoms with Gasteiger partial charge in [0.1, 0.15) is 17.2 Å². The molecule has 2 aromatic heterocycles. The summed E-state index contributed by atoms with van der Waals surface area (Å²) in [6, 6.07) is 6.72. The van der Waals surface area contributed by atoms with Gasteiger partial charge in [-0.15, -0.1) is 11.6 Å². The van der Waals surface area contributed by atoms with Gasteiger partial charge < -0.3 is 4.57 Å². The van der Waals surface area contributed by atoms with E-state index in [-0.39, 0.29) is 11.7 Å². The number of halogens is 2. The fourth-order valence-corrected chi connectivity index (χ4v) is 2.65. The molecule has 0 fully saturated rings. The third kappa shape index (κ3) is 1.98. The van der Waals surface area contributed by atoms with E-state index in [4.69, 9.17) is 11.6 Å². The Morgan fingerprint density at radius 3 is 2.75 bits per heavy atom. The second kappa shape index (κ2) is 4.90. The van der Waals surface area contributed by atoms with Crippen LogP contribution < -0.4 is 0 Å². The number of fused-ring (bicyclic) bond motifs is 1. The van der Waals surface area contributed by atoms with Crippen LogP contribution in [0.1, 0.15) is 17.1 Å². The molecule has 3 rings (SSSR count). The van der Waals surface area contributed by atoms with Crippen molar-refractivity contribution in [3.8, 4) is 0 Å². The molecule has 0 bridgehead atoms. The highest BCUT2D eigenvalue weighted by Crippen LogP contribution is 2.22. The number of alkyl halides is 1. The quantitative estimate of drug-likeness (QED) is 0.696. The van der Waals surface area contributed by atoms with Gasteiger partial charge in [0.2, 0.25) is 0 Å². The number of aryl methyl sites for hydroxylation is 2. The van der Waals surface area contributed by atoms with Gasteiger partial charge in [0.05, 0.1) is 18.1 Å². The topological polar surface area (TPSA) is 35.6 Å². The molecule has 0 saturated carbocycles. The first-order valence-electron chi connectivity index (χ1n) is 6.30. The van der Waals surface area contributed by atoms with Gasteiger partial charge in [0.15, 0.2) is 5.65 Å². The Bertz CT molecular complexity index is 775. The third-order valence-corrected chi connectivity index (χ3v) is 3.61. The van der Waals surface area contributed by atoms with Gasteiger partial charge in [-0.1, -0.05) is 18.2 Å². The average Bonchev–Trinajstić information content (AvgIpc) is 2.92. The van der Waals surface area contributed by atoms with Gasteiger partial charge in [-0.25, -0.2) is 9.37 Å². The highest BCUT2D eigenvalue weighted by atomic mass is 35.5. The SMILES string of the molecule is Cc1nn(C)c2c1nc(CCl)n2Cc1ccccc1F. The van der Waals surface area contributed by atoms with Crippen LogP contribution in [0.2, 0.25) is 0 Å². The van der Waals surface area contributed by atoms with E-state index in [1.807, 2.05) is 24.6 Å². The Morgan fingerprint density at radius 1 is 1.30 bits per heavy atom. The average molecular weight is 293 g/mol. The Morgan fingerprint density at radius 2 is 2.05 bits per heavy atom. The van der Waals surface area contributed by atoms with Crippen molar-refractivity contribution in [2.45, 2.75) is 19.3 Å². The summed E-state index contributed by atoms with van der Waals surface area (Å²) in [4.78, 5) is 4.50.